The lowest BCUT2D eigenvalue weighted by Gasteiger charge is -2.09. The highest BCUT2D eigenvalue weighted by molar-refractivity contribution is 7.10. The van der Waals surface area contributed by atoms with E-state index >= 15 is 0 Å². The van der Waals surface area contributed by atoms with Gasteiger partial charge in [0.15, 0.2) is 11.5 Å². The summed E-state index contributed by atoms with van der Waals surface area (Å²) in [7, 11) is 1.58. The predicted molar refractivity (Wildman–Crippen MR) is 87.9 cm³/mol. The van der Waals surface area contributed by atoms with Crippen molar-refractivity contribution >= 4 is 23.5 Å². The number of amides is 1. The first kappa shape index (κ1) is 16.0. The van der Waals surface area contributed by atoms with E-state index in [1.807, 2.05) is 36.6 Å². The van der Waals surface area contributed by atoms with Gasteiger partial charge in [-0.1, -0.05) is 6.07 Å². The van der Waals surface area contributed by atoms with Gasteiger partial charge in [0, 0.05) is 4.88 Å². The summed E-state index contributed by atoms with van der Waals surface area (Å²) in [6.45, 7) is 2.49. The molecule has 0 atom stereocenters. The van der Waals surface area contributed by atoms with E-state index < -0.39 is 0 Å². The number of nitrogens with one attached hydrogen (secondary N) is 1. The van der Waals surface area contributed by atoms with Crippen LogP contribution in [-0.4, -0.2) is 25.8 Å². The predicted octanol–water partition coefficient (Wildman–Crippen LogP) is 2.85. The van der Waals surface area contributed by atoms with Crippen LogP contribution >= 0.6 is 11.3 Å². The number of methoxy groups -OCH3 is 1. The molecule has 0 bridgehead atoms. The largest absolute Gasteiger partial charge is 0.493 e. The Bertz CT molecular complexity index is 639. The Morgan fingerprint density at radius 1 is 1.36 bits per heavy atom. The van der Waals surface area contributed by atoms with Gasteiger partial charge in [-0.25, -0.2) is 5.43 Å². The summed E-state index contributed by atoms with van der Waals surface area (Å²) >= 11 is 1.55. The molecule has 0 saturated heterocycles. The highest BCUT2D eigenvalue weighted by Gasteiger charge is 2.05. The molecule has 116 valence electrons. The van der Waals surface area contributed by atoms with Crippen molar-refractivity contribution in [3.63, 3.8) is 0 Å². The third-order valence-electron chi connectivity index (χ3n) is 2.81. The van der Waals surface area contributed by atoms with Crippen molar-refractivity contribution in [2.45, 2.75) is 13.3 Å². The molecule has 0 aliphatic rings. The molecule has 0 unspecified atom stereocenters. The first-order chi connectivity index (χ1) is 10.7. The maximum atomic E-state index is 11.7. The number of hydrazone groups is 1. The number of rotatable bonds is 7. The molecule has 2 rings (SSSR count). The van der Waals surface area contributed by atoms with Gasteiger partial charge in [-0.15, -0.1) is 11.3 Å². The molecule has 0 aliphatic heterocycles. The number of benzene rings is 1. The summed E-state index contributed by atoms with van der Waals surface area (Å²) in [5.74, 6) is 1.18. The fourth-order valence-electron chi connectivity index (χ4n) is 1.83. The molecule has 0 aliphatic carbocycles. The maximum Gasteiger partial charge on any atom is 0.245 e. The van der Waals surface area contributed by atoms with Gasteiger partial charge in [-0.2, -0.15) is 5.10 Å². The third-order valence-corrected chi connectivity index (χ3v) is 3.68. The quantitative estimate of drug-likeness (QED) is 0.631. The Morgan fingerprint density at radius 2 is 2.23 bits per heavy atom. The molecule has 5 nitrogen and oxygen atoms in total. The van der Waals surface area contributed by atoms with Gasteiger partial charge >= 0.3 is 0 Å². The molecule has 0 radical (unpaired) electrons. The Hall–Kier alpha value is -2.34. The molecule has 1 heterocycles. The second kappa shape index (κ2) is 8.19. The van der Waals surface area contributed by atoms with Crippen LogP contribution in [-0.2, 0) is 11.2 Å². The molecule has 1 amide bonds. The highest BCUT2D eigenvalue weighted by atomic mass is 32.1. The number of hydrogen-bond acceptors (Lipinski definition) is 5. The Morgan fingerprint density at radius 3 is 2.91 bits per heavy atom. The van der Waals surface area contributed by atoms with E-state index in [1.54, 1.807) is 30.7 Å². The van der Waals surface area contributed by atoms with E-state index in [4.69, 9.17) is 9.47 Å². The van der Waals surface area contributed by atoms with Gasteiger partial charge in [0.1, 0.15) is 0 Å². The van der Waals surface area contributed by atoms with Crippen LogP contribution in [0.3, 0.4) is 0 Å². The molecular formula is C16H18N2O3S. The molecule has 0 spiro atoms. The molecule has 1 aromatic carbocycles. The fraction of sp³-hybridized carbons (Fsp3) is 0.250. The van der Waals surface area contributed by atoms with Crippen LogP contribution in [0.15, 0.2) is 40.8 Å². The Labute approximate surface area is 133 Å². The average molecular weight is 318 g/mol. The van der Waals surface area contributed by atoms with Crippen LogP contribution < -0.4 is 14.9 Å². The number of hydrogen-bond donors (Lipinski definition) is 1. The van der Waals surface area contributed by atoms with Gasteiger partial charge in [0.25, 0.3) is 0 Å². The van der Waals surface area contributed by atoms with E-state index in [0.29, 0.717) is 24.5 Å². The van der Waals surface area contributed by atoms with Crippen molar-refractivity contribution in [1.29, 1.82) is 0 Å². The standard InChI is InChI=1S/C16H18N2O3S/c1-3-21-14-7-6-12(9-15(14)20-2)11-17-18-16(19)10-13-5-4-8-22-13/h4-9,11H,3,10H2,1-2H3,(H,18,19). The molecule has 0 saturated carbocycles. The van der Waals surface area contributed by atoms with Crippen molar-refractivity contribution < 1.29 is 14.3 Å². The molecule has 22 heavy (non-hydrogen) atoms. The van der Waals surface area contributed by atoms with E-state index in [0.717, 1.165) is 10.4 Å². The highest BCUT2D eigenvalue weighted by Crippen LogP contribution is 2.27. The van der Waals surface area contributed by atoms with E-state index in [2.05, 4.69) is 10.5 Å². The van der Waals surface area contributed by atoms with Gasteiger partial charge in [-0.05, 0) is 42.1 Å². The van der Waals surface area contributed by atoms with Gasteiger partial charge in [-0.3, -0.25) is 4.79 Å². The van der Waals surface area contributed by atoms with Crippen LogP contribution in [0, 0.1) is 0 Å². The zero-order valence-electron chi connectivity index (χ0n) is 12.5. The summed E-state index contributed by atoms with van der Waals surface area (Å²) in [6.07, 6.45) is 1.91. The summed E-state index contributed by atoms with van der Waals surface area (Å²) in [5, 5.41) is 5.90. The van der Waals surface area contributed by atoms with E-state index in [9.17, 15) is 4.79 Å². The minimum Gasteiger partial charge on any atom is -0.493 e. The first-order valence-electron chi connectivity index (χ1n) is 6.88. The first-order valence-corrected chi connectivity index (χ1v) is 7.76. The fourth-order valence-corrected chi connectivity index (χ4v) is 2.53. The summed E-state index contributed by atoms with van der Waals surface area (Å²) in [5.41, 5.74) is 3.33. The average Bonchev–Trinajstić information content (AvgIpc) is 3.01. The molecular weight excluding hydrogens is 300 g/mol. The minimum atomic E-state index is -0.142. The van der Waals surface area contributed by atoms with Crippen molar-refractivity contribution in [2.24, 2.45) is 5.10 Å². The third kappa shape index (κ3) is 4.60. The molecule has 1 N–H and O–H groups in total. The van der Waals surface area contributed by atoms with E-state index in [-0.39, 0.29) is 5.91 Å². The van der Waals surface area contributed by atoms with Crippen molar-refractivity contribution in [1.82, 2.24) is 5.43 Å². The zero-order valence-corrected chi connectivity index (χ0v) is 13.4. The van der Waals surface area contributed by atoms with Gasteiger partial charge in [0.2, 0.25) is 5.91 Å². The lowest BCUT2D eigenvalue weighted by atomic mass is 10.2. The van der Waals surface area contributed by atoms with E-state index in [1.165, 1.54) is 0 Å². The molecule has 6 heteroatoms. The normalized spacial score (nSPS) is 10.6. The Kier molecular flexibility index (Phi) is 5.97. The van der Waals surface area contributed by atoms with Crippen molar-refractivity contribution in [2.75, 3.05) is 13.7 Å². The van der Waals surface area contributed by atoms with Crippen LogP contribution in [0.5, 0.6) is 11.5 Å². The van der Waals surface area contributed by atoms with Crippen LogP contribution in [0.4, 0.5) is 0 Å². The van der Waals surface area contributed by atoms with Crippen molar-refractivity contribution in [3.8, 4) is 11.5 Å². The zero-order chi connectivity index (χ0) is 15.8. The second-order valence-corrected chi connectivity index (χ2v) is 5.42. The van der Waals surface area contributed by atoms with Crippen LogP contribution in [0.2, 0.25) is 0 Å². The number of ether oxygens (including phenoxy) is 2. The topological polar surface area (TPSA) is 59.9 Å². The Balaban J connectivity index is 1.93. The van der Waals surface area contributed by atoms with Gasteiger partial charge in [0.05, 0.1) is 26.4 Å². The summed E-state index contributed by atoms with van der Waals surface area (Å²) < 4.78 is 10.7. The lowest BCUT2D eigenvalue weighted by molar-refractivity contribution is -0.120. The molecule has 1 aromatic heterocycles. The minimum absolute atomic E-state index is 0.142. The number of carbonyl (C=O) groups excluding carboxylic acids is 1. The van der Waals surface area contributed by atoms with Crippen LogP contribution in [0.25, 0.3) is 0 Å². The molecule has 2 aromatic rings. The molecule has 0 fully saturated rings. The SMILES string of the molecule is CCOc1ccc(C=NNC(=O)Cc2cccs2)cc1OC. The summed E-state index contributed by atoms with van der Waals surface area (Å²) in [6, 6.07) is 9.31. The maximum absolute atomic E-state index is 11.7. The number of nitrogens with zero attached hydrogens (tertiary/aromatic N) is 1. The van der Waals surface area contributed by atoms with Gasteiger partial charge < -0.3 is 9.47 Å². The summed E-state index contributed by atoms with van der Waals surface area (Å²) in [4.78, 5) is 12.7. The smallest absolute Gasteiger partial charge is 0.245 e. The lowest BCUT2D eigenvalue weighted by Crippen LogP contribution is -2.19. The van der Waals surface area contributed by atoms with Crippen LogP contribution in [0.1, 0.15) is 17.4 Å². The number of thiophene rings is 1. The van der Waals surface area contributed by atoms with Crippen molar-refractivity contribution in [3.05, 3.63) is 46.2 Å². The monoisotopic (exact) mass is 318 g/mol. The second-order valence-electron chi connectivity index (χ2n) is 4.39. The number of carbonyl (C=O) groups is 1.